The molecular formula is C25H45N3O2. The predicted molar refractivity (Wildman–Crippen MR) is 127 cm³/mol. The Bertz CT molecular complexity index is 598. The van der Waals surface area contributed by atoms with Crippen LogP contribution < -0.4 is 10.5 Å². The first-order valence-corrected chi connectivity index (χ1v) is 11.4. The molecule has 0 spiro atoms. The van der Waals surface area contributed by atoms with E-state index in [2.05, 4.69) is 65.2 Å². The molecule has 5 heteroatoms. The summed E-state index contributed by atoms with van der Waals surface area (Å²) in [7, 11) is 1.66. The van der Waals surface area contributed by atoms with Gasteiger partial charge < -0.3 is 10.5 Å². The minimum atomic E-state index is -0.712. The van der Waals surface area contributed by atoms with E-state index in [0.717, 1.165) is 24.4 Å². The molecule has 0 bridgehead atoms. The topological polar surface area (TPSA) is 58.8 Å². The number of nitrogens with zero attached hydrogens (tertiary/aromatic N) is 2. The molecule has 1 amide bonds. The highest BCUT2D eigenvalue weighted by Crippen LogP contribution is 2.34. The quantitative estimate of drug-likeness (QED) is 0.514. The number of nitrogens with two attached hydrogens (primary N) is 1. The lowest BCUT2D eigenvalue weighted by atomic mass is 9.73. The van der Waals surface area contributed by atoms with E-state index in [1.54, 1.807) is 7.11 Å². The summed E-state index contributed by atoms with van der Waals surface area (Å²) in [6, 6.07) is 9.52. The molecule has 2 N–H and O–H groups in total. The van der Waals surface area contributed by atoms with Crippen molar-refractivity contribution in [1.29, 1.82) is 0 Å². The van der Waals surface area contributed by atoms with E-state index in [4.69, 9.17) is 10.5 Å². The number of amides is 1. The van der Waals surface area contributed by atoms with Crippen molar-refractivity contribution in [2.45, 2.75) is 97.8 Å². The number of carbonyl (C=O) groups is 1. The van der Waals surface area contributed by atoms with Crippen molar-refractivity contribution in [2.24, 2.45) is 5.73 Å². The summed E-state index contributed by atoms with van der Waals surface area (Å²) in [5.41, 5.74) is 6.41. The van der Waals surface area contributed by atoms with E-state index in [0.29, 0.717) is 37.0 Å². The second-order valence-corrected chi connectivity index (χ2v) is 9.53. The van der Waals surface area contributed by atoms with E-state index in [9.17, 15) is 4.79 Å². The Balaban J connectivity index is 3.32. The zero-order chi connectivity index (χ0) is 23.1. The van der Waals surface area contributed by atoms with Crippen molar-refractivity contribution in [3.63, 3.8) is 0 Å². The van der Waals surface area contributed by atoms with E-state index < -0.39 is 5.41 Å². The van der Waals surface area contributed by atoms with Crippen LogP contribution >= 0.6 is 0 Å². The molecule has 0 aliphatic rings. The molecule has 0 aliphatic carbocycles. The lowest BCUT2D eigenvalue weighted by molar-refractivity contribution is -0.124. The van der Waals surface area contributed by atoms with Gasteiger partial charge in [0.15, 0.2) is 0 Å². The SMILES string of the molecule is COc1ccc(C(CCN(C(C)C)C(C)C)(CCN(C(C)C)C(C)C)C(N)=O)cc1. The fourth-order valence-electron chi connectivity index (χ4n) is 4.58. The number of rotatable bonds is 13. The van der Waals surface area contributed by atoms with E-state index in [-0.39, 0.29) is 5.91 Å². The molecule has 0 heterocycles. The van der Waals surface area contributed by atoms with Gasteiger partial charge in [0.2, 0.25) is 5.91 Å². The number of primary amides is 1. The van der Waals surface area contributed by atoms with Gasteiger partial charge in [0.05, 0.1) is 12.5 Å². The number of hydrogen-bond acceptors (Lipinski definition) is 4. The number of carbonyl (C=O) groups excluding carboxylic acids is 1. The maximum atomic E-state index is 13.0. The van der Waals surface area contributed by atoms with Gasteiger partial charge in [-0.2, -0.15) is 0 Å². The molecule has 172 valence electrons. The summed E-state index contributed by atoms with van der Waals surface area (Å²) in [5, 5.41) is 0. The number of methoxy groups -OCH3 is 1. The lowest BCUT2D eigenvalue weighted by Crippen LogP contribution is -2.49. The van der Waals surface area contributed by atoms with Crippen LogP contribution in [0.3, 0.4) is 0 Å². The molecule has 0 atom stereocenters. The first kappa shape index (κ1) is 26.4. The highest BCUT2D eigenvalue weighted by atomic mass is 16.5. The summed E-state index contributed by atoms with van der Waals surface area (Å²) in [6.45, 7) is 19.3. The van der Waals surface area contributed by atoms with Crippen molar-refractivity contribution in [3.05, 3.63) is 29.8 Å². The van der Waals surface area contributed by atoms with Gasteiger partial charge in [-0.3, -0.25) is 14.6 Å². The highest BCUT2D eigenvalue weighted by molar-refractivity contribution is 5.86. The molecular weight excluding hydrogens is 374 g/mol. The van der Waals surface area contributed by atoms with Crippen LogP contribution in [0, 0.1) is 0 Å². The monoisotopic (exact) mass is 419 g/mol. The van der Waals surface area contributed by atoms with Crippen molar-refractivity contribution in [3.8, 4) is 5.75 Å². The van der Waals surface area contributed by atoms with Gasteiger partial charge in [-0.1, -0.05) is 12.1 Å². The zero-order valence-corrected chi connectivity index (χ0v) is 20.7. The Morgan fingerprint density at radius 2 is 1.20 bits per heavy atom. The van der Waals surface area contributed by atoms with Gasteiger partial charge in [-0.25, -0.2) is 0 Å². The summed E-state index contributed by atoms with van der Waals surface area (Å²) in [6.07, 6.45) is 1.41. The van der Waals surface area contributed by atoms with Crippen LogP contribution in [0.1, 0.15) is 73.8 Å². The van der Waals surface area contributed by atoms with Crippen molar-refractivity contribution >= 4 is 5.91 Å². The van der Waals surface area contributed by atoms with Crippen LogP contribution in [0.5, 0.6) is 5.75 Å². The Hall–Kier alpha value is -1.59. The van der Waals surface area contributed by atoms with Crippen molar-refractivity contribution in [1.82, 2.24) is 9.80 Å². The molecule has 30 heavy (non-hydrogen) atoms. The van der Waals surface area contributed by atoms with Crippen LogP contribution in [0.25, 0.3) is 0 Å². The molecule has 0 aliphatic heterocycles. The molecule has 0 fully saturated rings. The lowest BCUT2D eigenvalue weighted by Gasteiger charge is -2.39. The molecule has 1 rings (SSSR count). The van der Waals surface area contributed by atoms with Gasteiger partial charge in [-0.05, 0) is 85.9 Å². The third-order valence-corrected chi connectivity index (χ3v) is 6.36. The first-order chi connectivity index (χ1) is 14.0. The number of ether oxygens (including phenoxy) is 1. The summed E-state index contributed by atoms with van der Waals surface area (Å²) < 4.78 is 5.33. The molecule has 5 nitrogen and oxygen atoms in total. The Kier molecular flexibility index (Phi) is 10.3. The summed E-state index contributed by atoms with van der Waals surface area (Å²) in [4.78, 5) is 17.9. The smallest absolute Gasteiger partial charge is 0.228 e. The first-order valence-electron chi connectivity index (χ1n) is 11.4. The minimum absolute atomic E-state index is 0.243. The molecule has 0 aromatic heterocycles. The van der Waals surface area contributed by atoms with Crippen LogP contribution in [0.15, 0.2) is 24.3 Å². The highest BCUT2D eigenvalue weighted by Gasteiger charge is 2.39. The summed E-state index contributed by atoms with van der Waals surface area (Å²) in [5.74, 6) is 0.543. The van der Waals surface area contributed by atoms with E-state index in [1.165, 1.54) is 0 Å². The fraction of sp³-hybridized carbons (Fsp3) is 0.720. The second kappa shape index (κ2) is 11.7. The predicted octanol–water partition coefficient (Wildman–Crippen LogP) is 4.44. The Labute approximate surface area is 184 Å². The third-order valence-electron chi connectivity index (χ3n) is 6.36. The Morgan fingerprint density at radius 1 is 0.833 bits per heavy atom. The van der Waals surface area contributed by atoms with Gasteiger partial charge in [-0.15, -0.1) is 0 Å². The number of benzene rings is 1. The minimum Gasteiger partial charge on any atom is -0.497 e. The van der Waals surface area contributed by atoms with Crippen LogP contribution in [0.2, 0.25) is 0 Å². The number of hydrogen-bond donors (Lipinski definition) is 1. The average Bonchev–Trinajstić information content (AvgIpc) is 2.65. The molecule has 1 aromatic carbocycles. The average molecular weight is 420 g/mol. The Morgan fingerprint density at radius 3 is 1.47 bits per heavy atom. The molecule has 1 aromatic rings. The second-order valence-electron chi connectivity index (χ2n) is 9.53. The van der Waals surface area contributed by atoms with E-state index in [1.807, 2.05) is 24.3 Å². The normalized spacial score (nSPS) is 12.8. The van der Waals surface area contributed by atoms with E-state index >= 15 is 0 Å². The molecule has 0 unspecified atom stereocenters. The molecule has 0 saturated carbocycles. The van der Waals surface area contributed by atoms with Crippen LogP contribution in [-0.4, -0.2) is 60.1 Å². The molecule has 0 radical (unpaired) electrons. The van der Waals surface area contributed by atoms with Gasteiger partial charge >= 0.3 is 0 Å². The van der Waals surface area contributed by atoms with Crippen molar-refractivity contribution in [2.75, 3.05) is 20.2 Å². The maximum absolute atomic E-state index is 13.0. The van der Waals surface area contributed by atoms with Crippen LogP contribution in [0.4, 0.5) is 0 Å². The fourth-order valence-corrected chi connectivity index (χ4v) is 4.58. The van der Waals surface area contributed by atoms with Gasteiger partial charge in [0, 0.05) is 37.3 Å². The standard InChI is InChI=1S/C25H45N3O2/c1-18(2)27(19(3)4)16-14-25(24(26)29,15-17-28(20(5)6)21(7)8)22-10-12-23(30-9)13-11-22/h10-13,18-21H,14-17H2,1-9H3,(H2,26,29). The third kappa shape index (κ3) is 6.71. The van der Waals surface area contributed by atoms with Gasteiger partial charge in [0.25, 0.3) is 0 Å². The van der Waals surface area contributed by atoms with Crippen LogP contribution in [-0.2, 0) is 10.2 Å². The molecule has 0 saturated heterocycles. The van der Waals surface area contributed by atoms with Gasteiger partial charge in [0.1, 0.15) is 5.75 Å². The zero-order valence-electron chi connectivity index (χ0n) is 20.7. The summed E-state index contributed by atoms with van der Waals surface area (Å²) >= 11 is 0. The van der Waals surface area contributed by atoms with Crippen molar-refractivity contribution < 1.29 is 9.53 Å². The largest absolute Gasteiger partial charge is 0.497 e. The maximum Gasteiger partial charge on any atom is 0.228 e.